The fourth-order valence-electron chi connectivity index (χ4n) is 1.37. The molecule has 0 saturated carbocycles. The first-order chi connectivity index (χ1) is 7.45. The first-order valence-corrected chi connectivity index (χ1v) is 5.12. The van der Waals surface area contributed by atoms with E-state index in [4.69, 9.17) is 0 Å². The maximum absolute atomic E-state index is 12.4. The van der Waals surface area contributed by atoms with Gasteiger partial charge in [0, 0.05) is 18.8 Å². The molecule has 1 nitrogen and oxygen atoms in total. The summed E-state index contributed by atoms with van der Waals surface area (Å²) in [6.45, 7) is 0.340. The molecule has 0 aliphatic heterocycles. The molecule has 0 bridgehead atoms. The van der Waals surface area contributed by atoms with Gasteiger partial charge in [-0.25, -0.2) is 0 Å². The van der Waals surface area contributed by atoms with Crippen molar-refractivity contribution in [3.05, 3.63) is 42.4 Å². The van der Waals surface area contributed by atoms with E-state index in [0.717, 1.165) is 5.69 Å². The third-order valence-electron chi connectivity index (χ3n) is 2.36. The minimum absolute atomic E-state index is 0. The summed E-state index contributed by atoms with van der Waals surface area (Å²) < 4.78 is 37.2. The number of anilines is 1. The molecule has 0 atom stereocenters. The predicted molar refractivity (Wildman–Crippen MR) is 62.5 cm³/mol. The molecule has 1 aromatic carbocycles. The second-order valence-corrected chi connectivity index (χ2v) is 3.58. The Morgan fingerprint density at radius 1 is 1.24 bits per heavy atom. The number of para-hydroxylation sites is 1. The van der Waals surface area contributed by atoms with E-state index in [-0.39, 0.29) is 57.9 Å². The van der Waals surface area contributed by atoms with Crippen molar-refractivity contribution in [1.82, 2.24) is 0 Å². The van der Waals surface area contributed by atoms with Gasteiger partial charge in [-0.05, 0) is 19.1 Å². The van der Waals surface area contributed by atoms with Gasteiger partial charge in [-0.2, -0.15) is 0 Å². The van der Waals surface area contributed by atoms with Crippen molar-refractivity contribution in [3.8, 4) is 0 Å². The molecule has 0 unspecified atom stereocenters. The van der Waals surface area contributed by atoms with E-state index in [0.29, 0.717) is 6.54 Å². The zero-order valence-electron chi connectivity index (χ0n) is 10.2. The number of nitrogens with zero attached hydrogens (tertiary/aromatic N) is 1. The van der Waals surface area contributed by atoms with Crippen LogP contribution in [0, 0.1) is 0 Å². The van der Waals surface area contributed by atoms with Gasteiger partial charge in [-0.15, -0.1) is 12.1 Å². The quantitative estimate of drug-likeness (QED) is 0.701. The molecular formula is C11H14BF3KN. The van der Waals surface area contributed by atoms with Gasteiger partial charge in [0.05, 0.1) is 0 Å². The number of hydrogen-bond acceptors (Lipinski definition) is 1. The van der Waals surface area contributed by atoms with Gasteiger partial charge in [0.15, 0.2) is 0 Å². The van der Waals surface area contributed by atoms with Crippen LogP contribution in [0.15, 0.2) is 42.4 Å². The van der Waals surface area contributed by atoms with Crippen LogP contribution >= 0.6 is 0 Å². The van der Waals surface area contributed by atoms with Crippen LogP contribution in [0.3, 0.4) is 0 Å². The standard InChI is InChI=1S/C11H14BF3N.K/c1-3-16(9-10(2)12(13,14)15)11-7-5-4-6-8-11;/h4-8H,2-3,9H2,1H3;/q-1;+1. The molecule has 0 fully saturated rings. The predicted octanol–water partition coefficient (Wildman–Crippen LogP) is 0.460. The maximum atomic E-state index is 12.4. The monoisotopic (exact) mass is 267 g/mol. The van der Waals surface area contributed by atoms with Crippen LogP contribution in [0.2, 0.25) is 0 Å². The van der Waals surface area contributed by atoms with Gasteiger partial charge in [0.2, 0.25) is 0 Å². The minimum Gasteiger partial charge on any atom is -0.445 e. The molecule has 0 aliphatic carbocycles. The molecule has 88 valence electrons. The van der Waals surface area contributed by atoms with E-state index in [9.17, 15) is 12.9 Å². The Morgan fingerprint density at radius 3 is 2.18 bits per heavy atom. The summed E-state index contributed by atoms with van der Waals surface area (Å²) in [5.74, 6) is 0. The van der Waals surface area contributed by atoms with Gasteiger partial charge < -0.3 is 17.8 Å². The summed E-state index contributed by atoms with van der Waals surface area (Å²) in [7, 11) is 0. The Bertz CT molecular complexity index is 353. The molecule has 0 saturated heterocycles. The van der Waals surface area contributed by atoms with Crippen molar-refractivity contribution >= 4 is 12.7 Å². The summed E-state index contributed by atoms with van der Waals surface area (Å²) in [5, 5.41) is 0. The Kier molecular flexibility index (Phi) is 7.75. The van der Waals surface area contributed by atoms with Gasteiger partial charge in [-0.1, -0.05) is 18.2 Å². The summed E-state index contributed by atoms with van der Waals surface area (Å²) in [5.41, 5.74) is 0.122. The number of hydrogen-bond donors (Lipinski definition) is 0. The average Bonchev–Trinajstić information content (AvgIpc) is 2.25. The largest absolute Gasteiger partial charge is 1.00 e. The third-order valence-corrected chi connectivity index (χ3v) is 2.36. The maximum Gasteiger partial charge on any atom is 1.00 e. The van der Waals surface area contributed by atoms with E-state index < -0.39 is 12.4 Å². The van der Waals surface area contributed by atoms with Crippen LogP contribution in [-0.4, -0.2) is 20.1 Å². The normalized spacial score (nSPS) is 10.6. The zero-order valence-corrected chi connectivity index (χ0v) is 13.3. The fraction of sp³-hybridized carbons (Fsp3) is 0.273. The Hall–Kier alpha value is 0.251. The van der Waals surface area contributed by atoms with E-state index in [2.05, 4.69) is 6.58 Å². The summed E-state index contributed by atoms with van der Waals surface area (Å²) >= 11 is 0. The van der Waals surface area contributed by atoms with Crippen LogP contribution in [0.1, 0.15) is 6.92 Å². The number of rotatable bonds is 5. The molecule has 0 radical (unpaired) electrons. The fourth-order valence-corrected chi connectivity index (χ4v) is 1.37. The van der Waals surface area contributed by atoms with E-state index in [1.54, 1.807) is 29.2 Å². The summed E-state index contributed by atoms with van der Waals surface area (Å²) in [4.78, 5) is 1.65. The van der Waals surface area contributed by atoms with Crippen molar-refractivity contribution in [2.24, 2.45) is 0 Å². The van der Waals surface area contributed by atoms with E-state index >= 15 is 0 Å². The molecule has 6 heteroatoms. The average molecular weight is 267 g/mol. The first-order valence-electron chi connectivity index (χ1n) is 5.12. The van der Waals surface area contributed by atoms with Crippen LogP contribution < -0.4 is 56.3 Å². The van der Waals surface area contributed by atoms with E-state index in [1.165, 1.54) is 0 Å². The van der Waals surface area contributed by atoms with Crippen molar-refractivity contribution < 1.29 is 64.3 Å². The summed E-state index contributed by atoms with van der Waals surface area (Å²) in [6, 6.07) is 9.03. The molecule has 0 aliphatic rings. The molecular weight excluding hydrogens is 253 g/mol. The molecule has 0 heterocycles. The number of halogens is 3. The van der Waals surface area contributed by atoms with Crippen LogP contribution in [-0.2, 0) is 0 Å². The topological polar surface area (TPSA) is 3.24 Å². The van der Waals surface area contributed by atoms with Crippen molar-refractivity contribution in [3.63, 3.8) is 0 Å². The van der Waals surface area contributed by atoms with E-state index in [1.807, 2.05) is 13.0 Å². The Morgan fingerprint density at radius 2 is 1.76 bits per heavy atom. The van der Waals surface area contributed by atoms with Gasteiger partial charge in [0.1, 0.15) is 0 Å². The SMILES string of the molecule is C=C(CN(CC)c1ccccc1)[B-](F)(F)F.[K+]. The van der Waals surface area contributed by atoms with Crippen molar-refractivity contribution in [1.29, 1.82) is 0 Å². The molecule has 0 N–H and O–H groups in total. The molecule has 1 rings (SSSR count). The molecule has 0 amide bonds. The minimum atomic E-state index is -4.94. The van der Waals surface area contributed by atoms with Crippen LogP contribution in [0.25, 0.3) is 0 Å². The van der Waals surface area contributed by atoms with Gasteiger partial charge in [-0.3, -0.25) is 0 Å². The van der Waals surface area contributed by atoms with Crippen molar-refractivity contribution in [2.45, 2.75) is 6.92 Å². The third kappa shape index (κ3) is 5.61. The first kappa shape index (κ1) is 17.3. The Labute approximate surface area is 143 Å². The zero-order chi connectivity index (χ0) is 12.2. The Balaban J connectivity index is 0.00000256. The van der Waals surface area contributed by atoms with Crippen LogP contribution in [0.4, 0.5) is 18.6 Å². The second kappa shape index (κ2) is 7.63. The van der Waals surface area contributed by atoms with Gasteiger partial charge in [0.25, 0.3) is 0 Å². The van der Waals surface area contributed by atoms with Crippen LogP contribution in [0.5, 0.6) is 0 Å². The molecule has 0 spiro atoms. The number of benzene rings is 1. The van der Waals surface area contributed by atoms with Crippen molar-refractivity contribution in [2.75, 3.05) is 18.0 Å². The molecule has 1 aromatic rings. The second-order valence-electron chi connectivity index (χ2n) is 3.58. The smallest absolute Gasteiger partial charge is 0.445 e. The number of likely N-dealkylation sites (N-methyl/N-ethyl adjacent to an activating group) is 1. The molecule has 0 aromatic heterocycles. The summed E-state index contributed by atoms with van der Waals surface area (Å²) in [6.07, 6.45) is 0. The molecule has 17 heavy (non-hydrogen) atoms. The van der Waals surface area contributed by atoms with Gasteiger partial charge >= 0.3 is 58.4 Å².